The summed E-state index contributed by atoms with van der Waals surface area (Å²) in [6, 6.07) is 0.0368. The smallest absolute Gasteiger partial charge is 0.314 e. The van der Waals surface area contributed by atoms with E-state index in [1.807, 2.05) is 20.0 Å². The number of aromatic nitrogens is 1. The Labute approximate surface area is 118 Å². The van der Waals surface area contributed by atoms with Crippen LogP contribution in [0.2, 0.25) is 0 Å². The van der Waals surface area contributed by atoms with Gasteiger partial charge in [0.05, 0.1) is 19.0 Å². The molecule has 104 valence electrons. The molecule has 1 fully saturated rings. The van der Waals surface area contributed by atoms with Crippen molar-refractivity contribution in [1.29, 1.82) is 0 Å². The average Bonchev–Trinajstić information content (AvgIpc) is 2.75. The third-order valence-corrected chi connectivity index (χ3v) is 4.29. The van der Waals surface area contributed by atoms with Gasteiger partial charge in [-0.15, -0.1) is 6.58 Å². The molecule has 0 aliphatic carbocycles. The summed E-state index contributed by atoms with van der Waals surface area (Å²) in [6.07, 6.45) is 2.76. The number of aryl methyl sites for hydroxylation is 1. The fraction of sp³-hybridized carbons (Fsp3) is 0.538. The minimum Gasteiger partial charge on any atom is -0.314 e. The molecule has 0 spiro atoms. The third kappa shape index (κ3) is 2.64. The highest BCUT2D eigenvalue weighted by Crippen LogP contribution is 2.30. The van der Waals surface area contributed by atoms with E-state index in [1.54, 1.807) is 9.80 Å². The zero-order valence-corrected chi connectivity index (χ0v) is 12.5. The molecule has 0 aromatic carbocycles. The summed E-state index contributed by atoms with van der Waals surface area (Å²) in [4.78, 5) is 18.0. The first-order valence-corrected chi connectivity index (χ1v) is 7.16. The van der Waals surface area contributed by atoms with Gasteiger partial charge >= 0.3 is 6.03 Å². The maximum Gasteiger partial charge on any atom is 0.327 e. The topological polar surface area (TPSA) is 39.7 Å². The van der Waals surface area contributed by atoms with E-state index in [0.29, 0.717) is 13.3 Å². The van der Waals surface area contributed by atoms with E-state index in [1.165, 1.54) is 11.5 Å². The first kappa shape index (κ1) is 14.0. The van der Waals surface area contributed by atoms with Crippen LogP contribution in [0.25, 0.3) is 0 Å². The zero-order valence-electron chi connectivity index (χ0n) is 11.7. The number of carbonyl (C=O) groups is 1. The van der Waals surface area contributed by atoms with Crippen LogP contribution in [-0.4, -0.2) is 47.1 Å². The maximum atomic E-state index is 12.3. The number of amides is 2. The Hall–Kier alpha value is -1.40. The number of anilines is 1. The van der Waals surface area contributed by atoms with Crippen molar-refractivity contribution in [3.05, 3.63) is 23.9 Å². The van der Waals surface area contributed by atoms with Crippen LogP contribution in [-0.2, 0) is 6.42 Å². The Morgan fingerprint density at radius 2 is 2.21 bits per heavy atom. The molecule has 0 bridgehead atoms. The molecule has 0 saturated carbocycles. The monoisotopic (exact) mass is 280 g/mol. The molecule has 2 rings (SSSR count). The summed E-state index contributed by atoms with van der Waals surface area (Å²) in [7, 11) is 1.82. The second-order valence-electron chi connectivity index (χ2n) is 4.75. The molecule has 2 amide bonds. The number of hydrogen-bond acceptors (Lipinski definition) is 4. The Morgan fingerprint density at radius 1 is 1.47 bits per heavy atom. The summed E-state index contributed by atoms with van der Waals surface area (Å²) in [5.74, 6) is 0. The lowest BCUT2D eigenvalue weighted by Gasteiger charge is -2.39. The van der Waals surface area contributed by atoms with Gasteiger partial charge in [0.1, 0.15) is 5.00 Å². The van der Waals surface area contributed by atoms with E-state index in [4.69, 9.17) is 0 Å². The van der Waals surface area contributed by atoms with Crippen molar-refractivity contribution >= 4 is 22.6 Å². The van der Waals surface area contributed by atoms with Crippen molar-refractivity contribution in [3.63, 3.8) is 0 Å². The molecule has 19 heavy (non-hydrogen) atoms. The second kappa shape index (κ2) is 5.71. The molecule has 1 saturated heterocycles. The summed E-state index contributed by atoms with van der Waals surface area (Å²) in [5.41, 5.74) is 2.20. The predicted octanol–water partition coefficient (Wildman–Crippen LogP) is 2.29. The number of rotatable bonds is 4. The van der Waals surface area contributed by atoms with Gasteiger partial charge in [-0.1, -0.05) is 13.0 Å². The maximum absolute atomic E-state index is 12.3. The standard InChI is InChI=1S/C13H20N4OS/c1-5-7-16-8-15(4)13(18)17(9-16)12-10(3)11(6-2)14-19-12/h5H,1,6-9H2,2-4H3. The molecule has 2 heterocycles. The van der Waals surface area contributed by atoms with Crippen LogP contribution in [0.1, 0.15) is 18.2 Å². The molecule has 6 heteroatoms. The normalized spacial score (nSPS) is 17.1. The Kier molecular flexibility index (Phi) is 4.21. The molecule has 1 aliphatic rings. The predicted molar refractivity (Wildman–Crippen MR) is 78.5 cm³/mol. The van der Waals surface area contributed by atoms with Gasteiger partial charge in [-0.2, -0.15) is 4.37 Å². The highest BCUT2D eigenvalue weighted by Gasteiger charge is 2.30. The second-order valence-corrected chi connectivity index (χ2v) is 5.50. The van der Waals surface area contributed by atoms with Crippen LogP contribution < -0.4 is 4.90 Å². The van der Waals surface area contributed by atoms with Crippen LogP contribution >= 0.6 is 11.5 Å². The van der Waals surface area contributed by atoms with Gasteiger partial charge in [-0.05, 0) is 24.9 Å². The first-order valence-electron chi connectivity index (χ1n) is 6.39. The van der Waals surface area contributed by atoms with Crippen LogP contribution in [0.5, 0.6) is 0 Å². The molecule has 0 radical (unpaired) electrons. The van der Waals surface area contributed by atoms with Crippen LogP contribution in [0.15, 0.2) is 12.7 Å². The fourth-order valence-electron chi connectivity index (χ4n) is 2.26. The lowest BCUT2D eigenvalue weighted by molar-refractivity contribution is 0.139. The number of nitrogens with zero attached hydrogens (tertiary/aromatic N) is 4. The van der Waals surface area contributed by atoms with Gasteiger partial charge in [0, 0.05) is 19.2 Å². The molecule has 0 N–H and O–H groups in total. The molecular weight excluding hydrogens is 260 g/mol. The summed E-state index contributed by atoms with van der Waals surface area (Å²) >= 11 is 1.41. The minimum absolute atomic E-state index is 0.0368. The molecule has 0 atom stereocenters. The third-order valence-electron chi connectivity index (χ3n) is 3.27. The first-order chi connectivity index (χ1) is 9.08. The van der Waals surface area contributed by atoms with E-state index in [2.05, 4.69) is 22.8 Å². The summed E-state index contributed by atoms with van der Waals surface area (Å²) < 4.78 is 4.43. The van der Waals surface area contributed by atoms with Crippen molar-refractivity contribution in [2.45, 2.75) is 20.3 Å². The zero-order chi connectivity index (χ0) is 14.0. The quantitative estimate of drug-likeness (QED) is 0.794. The highest BCUT2D eigenvalue weighted by molar-refractivity contribution is 7.10. The average molecular weight is 280 g/mol. The Morgan fingerprint density at radius 3 is 2.79 bits per heavy atom. The van der Waals surface area contributed by atoms with E-state index in [0.717, 1.165) is 29.2 Å². The molecule has 1 aromatic heterocycles. The molecule has 5 nitrogen and oxygen atoms in total. The van der Waals surface area contributed by atoms with Crippen molar-refractivity contribution < 1.29 is 4.79 Å². The molecule has 1 aromatic rings. The van der Waals surface area contributed by atoms with Crippen LogP contribution in [0.4, 0.5) is 9.80 Å². The Balaban J connectivity index is 2.27. The van der Waals surface area contributed by atoms with Gasteiger partial charge in [0.15, 0.2) is 0 Å². The van der Waals surface area contributed by atoms with Crippen LogP contribution in [0, 0.1) is 6.92 Å². The van der Waals surface area contributed by atoms with Crippen molar-refractivity contribution in [2.24, 2.45) is 0 Å². The van der Waals surface area contributed by atoms with Gasteiger partial charge in [-0.25, -0.2) is 4.79 Å². The summed E-state index contributed by atoms with van der Waals surface area (Å²) in [6.45, 7) is 9.89. The number of carbonyl (C=O) groups excluding carboxylic acids is 1. The van der Waals surface area contributed by atoms with Crippen molar-refractivity contribution in [1.82, 2.24) is 14.2 Å². The molecule has 0 unspecified atom stereocenters. The van der Waals surface area contributed by atoms with E-state index in [9.17, 15) is 4.79 Å². The number of hydrogen-bond donors (Lipinski definition) is 0. The summed E-state index contributed by atoms with van der Waals surface area (Å²) in [5, 5.41) is 0.961. The minimum atomic E-state index is 0.0368. The van der Waals surface area contributed by atoms with E-state index < -0.39 is 0 Å². The van der Waals surface area contributed by atoms with E-state index >= 15 is 0 Å². The number of urea groups is 1. The largest absolute Gasteiger partial charge is 0.327 e. The van der Waals surface area contributed by atoms with E-state index in [-0.39, 0.29) is 6.03 Å². The molecule has 1 aliphatic heterocycles. The van der Waals surface area contributed by atoms with Gasteiger partial charge in [0.2, 0.25) is 0 Å². The lowest BCUT2D eigenvalue weighted by Crippen LogP contribution is -2.56. The fourth-order valence-corrected chi connectivity index (χ4v) is 3.21. The van der Waals surface area contributed by atoms with Gasteiger partial charge in [-0.3, -0.25) is 9.80 Å². The van der Waals surface area contributed by atoms with Crippen molar-refractivity contribution in [3.8, 4) is 0 Å². The van der Waals surface area contributed by atoms with Gasteiger partial charge < -0.3 is 4.90 Å². The highest BCUT2D eigenvalue weighted by atomic mass is 32.1. The van der Waals surface area contributed by atoms with Crippen LogP contribution in [0.3, 0.4) is 0 Å². The molecular formula is C13H20N4OS. The Bertz CT molecular complexity index is 485. The van der Waals surface area contributed by atoms with Crippen molar-refractivity contribution in [2.75, 3.05) is 31.8 Å². The SMILES string of the molecule is C=CCN1CN(C)C(=O)N(c2snc(CC)c2C)C1. The van der Waals surface area contributed by atoms with Gasteiger partial charge in [0.25, 0.3) is 0 Å². The lowest BCUT2D eigenvalue weighted by atomic mass is 10.2.